The molecule has 0 saturated carbocycles. The van der Waals surface area contributed by atoms with Gasteiger partial charge in [0.05, 0.1) is 18.7 Å². The summed E-state index contributed by atoms with van der Waals surface area (Å²) in [6.45, 7) is 0. The number of pyridine rings is 1. The number of nitriles is 1. The molecule has 2 aromatic carbocycles. The SMILES string of the molecule is COc1cccc2c(Nc3ccc(C#N)cc3)ccnc12. The van der Waals surface area contributed by atoms with Crippen LogP contribution < -0.4 is 10.1 Å². The summed E-state index contributed by atoms with van der Waals surface area (Å²) < 4.78 is 5.34. The number of ether oxygens (including phenoxy) is 1. The minimum atomic E-state index is 0.641. The summed E-state index contributed by atoms with van der Waals surface area (Å²) in [4.78, 5) is 4.37. The van der Waals surface area contributed by atoms with Crippen molar-refractivity contribution in [2.24, 2.45) is 0 Å². The van der Waals surface area contributed by atoms with E-state index >= 15 is 0 Å². The molecule has 4 heteroatoms. The fraction of sp³-hybridized carbons (Fsp3) is 0.0588. The molecular weight excluding hydrogens is 262 g/mol. The number of para-hydroxylation sites is 1. The van der Waals surface area contributed by atoms with Crippen LogP contribution in [0.3, 0.4) is 0 Å². The van der Waals surface area contributed by atoms with E-state index in [0.717, 1.165) is 28.0 Å². The molecule has 0 radical (unpaired) electrons. The van der Waals surface area contributed by atoms with Gasteiger partial charge in [-0.1, -0.05) is 12.1 Å². The van der Waals surface area contributed by atoms with Gasteiger partial charge >= 0.3 is 0 Å². The van der Waals surface area contributed by atoms with Crippen molar-refractivity contribution in [3.8, 4) is 11.8 Å². The number of hydrogen-bond donors (Lipinski definition) is 1. The van der Waals surface area contributed by atoms with E-state index in [1.165, 1.54) is 0 Å². The van der Waals surface area contributed by atoms with E-state index in [9.17, 15) is 0 Å². The van der Waals surface area contributed by atoms with E-state index < -0.39 is 0 Å². The maximum Gasteiger partial charge on any atom is 0.145 e. The first kappa shape index (κ1) is 12.9. The van der Waals surface area contributed by atoms with Gasteiger partial charge in [0.1, 0.15) is 11.3 Å². The van der Waals surface area contributed by atoms with Crippen molar-refractivity contribution in [2.75, 3.05) is 12.4 Å². The first-order valence-electron chi connectivity index (χ1n) is 6.51. The maximum atomic E-state index is 8.82. The molecule has 0 saturated heterocycles. The van der Waals surface area contributed by atoms with E-state index in [4.69, 9.17) is 10.00 Å². The quantitative estimate of drug-likeness (QED) is 0.788. The Morgan fingerprint density at radius 1 is 1.10 bits per heavy atom. The van der Waals surface area contributed by atoms with Gasteiger partial charge in [0.25, 0.3) is 0 Å². The molecular formula is C17H13N3O. The van der Waals surface area contributed by atoms with E-state index in [2.05, 4.69) is 16.4 Å². The number of nitrogens with one attached hydrogen (secondary N) is 1. The minimum Gasteiger partial charge on any atom is -0.494 e. The molecule has 102 valence electrons. The normalized spacial score (nSPS) is 10.1. The zero-order chi connectivity index (χ0) is 14.7. The van der Waals surface area contributed by atoms with Crippen LogP contribution in [0.15, 0.2) is 54.7 Å². The molecule has 0 spiro atoms. The number of anilines is 2. The second-order valence-electron chi connectivity index (χ2n) is 4.53. The van der Waals surface area contributed by atoms with Crippen molar-refractivity contribution in [2.45, 2.75) is 0 Å². The summed E-state index contributed by atoms with van der Waals surface area (Å²) in [6, 6.07) is 17.2. The van der Waals surface area contributed by atoms with Crippen LogP contribution in [0, 0.1) is 11.3 Å². The topological polar surface area (TPSA) is 57.9 Å². The van der Waals surface area contributed by atoms with Crippen molar-refractivity contribution in [3.63, 3.8) is 0 Å². The summed E-state index contributed by atoms with van der Waals surface area (Å²) in [6.07, 6.45) is 1.75. The van der Waals surface area contributed by atoms with E-state index in [1.807, 2.05) is 36.4 Å². The van der Waals surface area contributed by atoms with Crippen LogP contribution in [-0.4, -0.2) is 12.1 Å². The molecule has 1 aromatic heterocycles. The number of aromatic nitrogens is 1. The predicted octanol–water partition coefficient (Wildman–Crippen LogP) is 3.86. The third kappa shape index (κ3) is 2.49. The molecule has 0 atom stereocenters. The predicted molar refractivity (Wildman–Crippen MR) is 82.7 cm³/mol. The highest BCUT2D eigenvalue weighted by Gasteiger charge is 2.06. The first-order chi connectivity index (χ1) is 10.3. The molecule has 1 heterocycles. The van der Waals surface area contributed by atoms with Crippen molar-refractivity contribution >= 4 is 22.3 Å². The number of hydrogen-bond acceptors (Lipinski definition) is 4. The summed E-state index contributed by atoms with van der Waals surface area (Å²) in [5.74, 6) is 0.746. The Hall–Kier alpha value is -3.06. The van der Waals surface area contributed by atoms with Crippen LogP contribution in [-0.2, 0) is 0 Å². The Morgan fingerprint density at radius 2 is 1.90 bits per heavy atom. The second-order valence-corrected chi connectivity index (χ2v) is 4.53. The van der Waals surface area contributed by atoms with Crippen LogP contribution in [0.5, 0.6) is 5.75 Å². The Bertz CT molecular complexity index is 820. The molecule has 0 aliphatic heterocycles. The van der Waals surface area contributed by atoms with Gasteiger partial charge in [0, 0.05) is 23.0 Å². The third-order valence-corrected chi connectivity index (χ3v) is 3.25. The van der Waals surface area contributed by atoms with Crippen LogP contribution in [0.1, 0.15) is 5.56 Å². The Labute approximate surface area is 122 Å². The van der Waals surface area contributed by atoms with E-state index in [-0.39, 0.29) is 0 Å². The molecule has 0 amide bonds. The van der Waals surface area contributed by atoms with Crippen LogP contribution >= 0.6 is 0 Å². The lowest BCUT2D eigenvalue weighted by molar-refractivity contribution is 0.419. The van der Waals surface area contributed by atoms with E-state index in [0.29, 0.717) is 5.56 Å². The van der Waals surface area contributed by atoms with Gasteiger partial charge in [-0.2, -0.15) is 5.26 Å². The summed E-state index contributed by atoms with van der Waals surface area (Å²) in [7, 11) is 1.64. The highest BCUT2D eigenvalue weighted by molar-refractivity contribution is 5.96. The lowest BCUT2D eigenvalue weighted by atomic mass is 10.1. The fourth-order valence-electron chi connectivity index (χ4n) is 2.21. The Morgan fingerprint density at radius 3 is 2.62 bits per heavy atom. The minimum absolute atomic E-state index is 0.641. The van der Waals surface area contributed by atoms with Crippen molar-refractivity contribution in [1.82, 2.24) is 4.98 Å². The first-order valence-corrected chi connectivity index (χ1v) is 6.51. The Balaban J connectivity index is 2.02. The standard InChI is InChI=1S/C17H13N3O/c1-21-16-4-2-3-14-15(9-10-19-17(14)16)20-13-7-5-12(11-18)6-8-13/h2-10H,1H3,(H,19,20). The number of rotatable bonds is 3. The zero-order valence-electron chi connectivity index (χ0n) is 11.5. The van der Waals surface area contributed by atoms with Gasteiger partial charge < -0.3 is 10.1 Å². The van der Waals surface area contributed by atoms with Gasteiger partial charge in [0.15, 0.2) is 0 Å². The monoisotopic (exact) mass is 275 g/mol. The van der Waals surface area contributed by atoms with Gasteiger partial charge in [-0.15, -0.1) is 0 Å². The lowest BCUT2D eigenvalue weighted by Crippen LogP contribution is -1.94. The Kier molecular flexibility index (Phi) is 3.40. The van der Waals surface area contributed by atoms with Crippen molar-refractivity contribution < 1.29 is 4.74 Å². The molecule has 3 aromatic rings. The molecule has 21 heavy (non-hydrogen) atoms. The fourth-order valence-corrected chi connectivity index (χ4v) is 2.21. The van der Waals surface area contributed by atoms with Crippen molar-refractivity contribution in [3.05, 3.63) is 60.3 Å². The van der Waals surface area contributed by atoms with Gasteiger partial charge in [-0.05, 0) is 36.4 Å². The highest BCUT2D eigenvalue weighted by Crippen LogP contribution is 2.30. The van der Waals surface area contributed by atoms with Gasteiger partial charge in [0.2, 0.25) is 0 Å². The maximum absolute atomic E-state index is 8.82. The molecule has 4 nitrogen and oxygen atoms in total. The van der Waals surface area contributed by atoms with E-state index in [1.54, 1.807) is 25.4 Å². The molecule has 0 unspecified atom stereocenters. The molecule has 1 N–H and O–H groups in total. The average Bonchev–Trinajstić information content (AvgIpc) is 2.55. The largest absolute Gasteiger partial charge is 0.494 e. The molecule has 0 fully saturated rings. The van der Waals surface area contributed by atoms with Crippen LogP contribution in [0.25, 0.3) is 10.9 Å². The van der Waals surface area contributed by atoms with Gasteiger partial charge in [-0.3, -0.25) is 4.98 Å². The summed E-state index contributed by atoms with van der Waals surface area (Å²) >= 11 is 0. The van der Waals surface area contributed by atoms with Crippen molar-refractivity contribution in [1.29, 1.82) is 5.26 Å². The molecule has 0 aliphatic carbocycles. The number of fused-ring (bicyclic) bond motifs is 1. The number of benzene rings is 2. The zero-order valence-corrected chi connectivity index (χ0v) is 11.5. The second kappa shape index (κ2) is 5.51. The highest BCUT2D eigenvalue weighted by atomic mass is 16.5. The molecule has 0 aliphatic rings. The molecule has 3 rings (SSSR count). The average molecular weight is 275 g/mol. The third-order valence-electron chi connectivity index (χ3n) is 3.25. The number of methoxy groups -OCH3 is 1. The van der Waals surface area contributed by atoms with Gasteiger partial charge in [-0.25, -0.2) is 0 Å². The number of nitrogens with zero attached hydrogens (tertiary/aromatic N) is 2. The van der Waals surface area contributed by atoms with Crippen LogP contribution in [0.2, 0.25) is 0 Å². The smallest absolute Gasteiger partial charge is 0.145 e. The summed E-state index contributed by atoms with van der Waals surface area (Å²) in [5.41, 5.74) is 3.33. The van der Waals surface area contributed by atoms with Crippen LogP contribution in [0.4, 0.5) is 11.4 Å². The lowest BCUT2D eigenvalue weighted by Gasteiger charge is -2.11. The summed E-state index contributed by atoms with van der Waals surface area (Å²) in [5, 5.41) is 13.2. The molecule has 0 bridgehead atoms.